The Labute approximate surface area is 137 Å². The van der Waals surface area contributed by atoms with E-state index in [9.17, 15) is 23.1 Å². The Morgan fingerprint density at radius 1 is 1.50 bits per heavy atom. The van der Waals surface area contributed by atoms with Crippen LogP contribution in [0.5, 0.6) is 0 Å². The van der Waals surface area contributed by atoms with Crippen LogP contribution in [0.15, 0.2) is 41.2 Å². The molecule has 2 aliphatic rings. The van der Waals surface area contributed by atoms with Crippen LogP contribution in [-0.4, -0.2) is 46.4 Å². The van der Waals surface area contributed by atoms with Gasteiger partial charge in [0.25, 0.3) is 5.91 Å². The molecule has 0 saturated carbocycles. The van der Waals surface area contributed by atoms with Crippen LogP contribution >= 0.6 is 0 Å². The molecule has 1 aromatic rings. The number of pyridine rings is 1. The Morgan fingerprint density at radius 3 is 2.83 bits per heavy atom. The van der Waals surface area contributed by atoms with Gasteiger partial charge in [-0.2, -0.15) is 5.26 Å². The minimum absolute atomic E-state index is 0.0246. The van der Waals surface area contributed by atoms with Gasteiger partial charge in [0, 0.05) is 6.20 Å². The maximum Gasteiger partial charge on any atom is 0.352 e. The molecule has 8 nitrogen and oxygen atoms in total. The third-order valence-electron chi connectivity index (χ3n) is 3.74. The average Bonchev–Trinajstić information content (AvgIpc) is 2.52. The normalized spacial score (nSPS) is 23.5. The fourth-order valence-electron chi connectivity index (χ4n) is 2.80. The molecule has 2 aliphatic heterocycles. The van der Waals surface area contributed by atoms with E-state index in [1.54, 1.807) is 24.3 Å². The number of hydrogen-bond acceptors (Lipinski definition) is 6. The zero-order valence-corrected chi connectivity index (χ0v) is 13.0. The van der Waals surface area contributed by atoms with Gasteiger partial charge >= 0.3 is 5.97 Å². The number of carbonyl (C=O) groups excluding carboxylic acids is 1. The molecule has 1 amide bonds. The van der Waals surface area contributed by atoms with E-state index in [4.69, 9.17) is 5.26 Å². The Hall–Kier alpha value is -2.99. The summed E-state index contributed by atoms with van der Waals surface area (Å²) in [6.45, 7) is 0. The number of hydrogen-bond donors (Lipinski definition) is 1. The van der Waals surface area contributed by atoms with Crippen molar-refractivity contribution in [3.05, 3.63) is 46.9 Å². The first-order valence-corrected chi connectivity index (χ1v) is 8.58. The average molecular weight is 345 g/mol. The maximum atomic E-state index is 12.5. The number of carboxylic acid groups (broad SMARTS) is 1. The molecule has 3 heterocycles. The molecule has 24 heavy (non-hydrogen) atoms. The van der Waals surface area contributed by atoms with Gasteiger partial charge in [-0.15, -0.1) is 0 Å². The molecule has 0 unspecified atom stereocenters. The summed E-state index contributed by atoms with van der Waals surface area (Å²) in [6.07, 6.45) is 2.47. The number of carbonyl (C=O) groups is 2. The molecule has 3 rings (SSSR count). The van der Waals surface area contributed by atoms with E-state index < -0.39 is 38.5 Å². The molecule has 0 aromatic carbocycles. The number of nitriles is 1. The molecular formula is C15H11N3O5S. The van der Waals surface area contributed by atoms with Crippen LogP contribution < -0.4 is 0 Å². The van der Waals surface area contributed by atoms with Crippen LogP contribution in [0.1, 0.15) is 12.1 Å². The van der Waals surface area contributed by atoms with Gasteiger partial charge in [0.2, 0.25) is 0 Å². The molecule has 0 spiro atoms. The minimum Gasteiger partial charge on any atom is -0.477 e. The van der Waals surface area contributed by atoms with Crippen LogP contribution in [0.4, 0.5) is 0 Å². The second-order valence-corrected chi connectivity index (χ2v) is 7.34. The molecule has 1 fully saturated rings. The van der Waals surface area contributed by atoms with Gasteiger partial charge in [0.1, 0.15) is 5.70 Å². The SMILES string of the molecule is N#CCC1=C(C(=O)O)N2C(=O)/C(=C/c3ccccn3)[C@H]2S(=O)(=O)C1. The Morgan fingerprint density at radius 2 is 2.25 bits per heavy atom. The second kappa shape index (κ2) is 5.58. The van der Waals surface area contributed by atoms with Crippen LogP contribution in [0.2, 0.25) is 0 Å². The lowest BCUT2D eigenvalue weighted by Gasteiger charge is -2.45. The van der Waals surface area contributed by atoms with E-state index in [-0.39, 0.29) is 17.6 Å². The third kappa shape index (κ3) is 2.37. The van der Waals surface area contributed by atoms with Crippen molar-refractivity contribution in [3.63, 3.8) is 0 Å². The molecule has 0 aliphatic carbocycles. The molecular weight excluding hydrogens is 334 g/mol. The van der Waals surface area contributed by atoms with Crippen LogP contribution in [-0.2, 0) is 19.4 Å². The summed E-state index contributed by atoms with van der Waals surface area (Å²) >= 11 is 0. The van der Waals surface area contributed by atoms with Crippen molar-refractivity contribution in [2.45, 2.75) is 11.8 Å². The standard InChI is InChI=1S/C15H11N3O5S/c16-5-4-9-8-24(22,23)14-11(7-10-3-1-2-6-17-10)13(19)18(14)12(9)15(20)21/h1-3,6-7,14H,4,8H2,(H,20,21)/b11-7-/t14-/m1/s1. The molecule has 0 radical (unpaired) electrons. The monoisotopic (exact) mass is 345 g/mol. The highest BCUT2D eigenvalue weighted by Gasteiger charge is 2.56. The number of nitrogens with zero attached hydrogens (tertiary/aromatic N) is 3. The lowest BCUT2D eigenvalue weighted by atomic mass is 10.00. The topological polar surface area (TPSA) is 128 Å². The fourth-order valence-corrected chi connectivity index (χ4v) is 4.76. The van der Waals surface area contributed by atoms with Crippen LogP contribution in [0.3, 0.4) is 0 Å². The lowest BCUT2D eigenvalue weighted by molar-refractivity contribution is -0.141. The summed E-state index contributed by atoms with van der Waals surface area (Å²) in [5.41, 5.74) is -0.117. The second-order valence-electron chi connectivity index (χ2n) is 5.28. The summed E-state index contributed by atoms with van der Waals surface area (Å²) < 4.78 is 24.9. The van der Waals surface area contributed by atoms with Gasteiger partial charge in [-0.1, -0.05) is 6.07 Å². The van der Waals surface area contributed by atoms with E-state index in [1.807, 2.05) is 0 Å². The van der Waals surface area contributed by atoms with Gasteiger partial charge in [0.15, 0.2) is 15.2 Å². The number of β-lactam (4-membered cyclic amide) rings is 1. The molecule has 1 N–H and O–H groups in total. The highest BCUT2D eigenvalue weighted by molar-refractivity contribution is 7.92. The molecule has 1 saturated heterocycles. The molecule has 1 atom stereocenters. The van der Waals surface area contributed by atoms with Crippen molar-refractivity contribution >= 4 is 27.8 Å². The predicted octanol–water partition coefficient (Wildman–Crippen LogP) is 0.314. The lowest BCUT2D eigenvalue weighted by Crippen LogP contribution is -2.62. The summed E-state index contributed by atoms with van der Waals surface area (Å²) in [4.78, 5) is 28.5. The first-order valence-electron chi connectivity index (χ1n) is 6.87. The number of sulfone groups is 1. The van der Waals surface area contributed by atoms with Crippen molar-refractivity contribution in [2.75, 3.05) is 5.75 Å². The number of fused-ring (bicyclic) bond motifs is 1. The Bertz CT molecular complexity index is 941. The largest absolute Gasteiger partial charge is 0.477 e. The van der Waals surface area contributed by atoms with Crippen molar-refractivity contribution in [1.82, 2.24) is 9.88 Å². The van der Waals surface area contributed by atoms with Crippen molar-refractivity contribution in [1.29, 1.82) is 5.26 Å². The number of aliphatic carboxylic acids is 1. The highest BCUT2D eigenvalue weighted by atomic mass is 32.2. The summed E-state index contributed by atoms with van der Waals surface area (Å²) in [7, 11) is -3.83. The molecule has 9 heteroatoms. The Kier molecular flexibility index (Phi) is 3.69. The maximum absolute atomic E-state index is 12.5. The fraction of sp³-hybridized carbons (Fsp3) is 0.200. The van der Waals surface area contributed by atoms with Gasteiger partial charge in [-0.25, -0.2) is 13.2 Å². The number of amides is 1. The minimum atomic E-state index is -3.83. The van der Waals surface area contributed by atoms with Crippen molar-refractivity contribution < 1.29 is 23.1 Å². The zero-order valence-electron chi connectivity index (χ0n) is 12.2. The Balaban J connectivity index is 2.11. The van der Waals surface area contributed by atoms with Gasteiger partial charge < -0.3 is 5.11 Å². The molecule has 122 valence electrons. The van der Waals surface area contributed by atoms with Gasteiger partial charge in [-0.05, 0) is 23.8 Å². The number of aromatic nitrogens is 1. The van der Waals surface area contributed by atoms with E-state index in [0.29, 0.717) is 5.69 Å². The highest BCUT2D eigenvalue weighted by Crippen LogP contribution is 2.41. The first-order chi connectivity index (χ1) is 11.4. The van der Waals surface area contributed by atoms with Crippen LogP contribution in [0, 0.1) is 11.3 Å². The quantitative estimate of drug-likeness (QED) is 0.617. The third-order valence-corrected chi connectivity index (χ3v) is 5.64. The molecule has 1 aromatic heterocycles. The van der Waals surface area contributed by atoms with E-state index >= 15 is 0 Å². The molecule has 0 bridgehead atoms. The van der Waals surface area contributed by atoms with Crippen molar-refractivity contribution in [3.8, 4) is 6.07 Å². The van der Waals surface area contributed by atoms with E-state index in [0.717, 1.165) is 4.90 Å². The predicted molar refractivity (Wildman–Crippen MR) is 81.5 cm³/mol. The van der Waals surface area contributed by atoms with Crippen LogP contribution in [0.25, 0.3) is 6.08 Å². The summed E-state index contributed by atoms with van der Waals surface area (Å²) in [5.74, 6) is -2.69. The van der Waals surface area contributed by atoms with Gasteiger partial charge in [-0.3, -0.25) is 14.7 Å². The number of rotatable bonds is 3. The summed E-state index contributed by atoms with van der Waals surface area (Å²) in [6, 6.07) is 6.70. The van der Waals surface area contributed by atoms with E-state index in [1.165, 1.54) is 12.3 Å². The van der Waals surface area contributed by atoms with Gasteiger partial charge in [0.05, 0.1) is 29.5 Å². The van der Waals surface area contributed by atoms with E-state index in [2.05, 4.69) is 4.98 Å². The number of carboxylic acids is 1. The summed E-state index contributed by atoms with van der Waals surface area (Å²) in [5, 5.41) is 16.8. The first kappa shape index (κ1) is 15.9. The zero-order chi connectivity index (χ0) is 17.5. The smallest absolute Gasteiger partial charge is 0.352 e. The van der Waals surface area contributed by atoms with Crippen molar-refractivity contribution in [2.24, 2.45) is 0 Å².